The SMILES string of the molecule is CN1C(C)(C)CC([O-])CC1(C)C. The van der Waals surface area contributed by atoms with E-state index in [1.807, 2.05) is 0 Å². The average molecular weight is 170 g/mol. The van der Waals surface area contributed by atoms with Crippen molar-refractivity contribution in [1.29, 1.82) is 0 Å². The highest BCUT2D eigenvalue weighted by Gasteiger charge is 2.39. The topological polar surface area (TPSA) is 26.3 Å². The van der Waals surface area contributed by atoms with Gasteiger partial charge in [-0.1, -0.05) is 0 Å². The minimum absolute atomic E-state index is 0.0637. The predicted molar refractivity (Wildman–Crippen MR) is 48.9 cm³/mol. The highest BCUT2D eigenvalue weighted by molar-refractivity contribution is 4.97. The van der Waals surface area contributed by atoms with Gasteiger partial charge in [0.1, 0.15) is 0 Å². The number of hydrogen-bond acceptors (Lipinski definition) is 2. The Morgan fingerprint density at radius 3 is 1.75 bits per heavy atom. The lowest BCUT2D eigenvalue weighted by Crippen LogP contribution is -2.62. The molecule has 0 aliphatic carbocycles. The second-order valence-corrected chi connectivity index (χ2v) is 5.21. The molecule has 0 atom stereocenters. The highest BCUT2D eigenvalue weighted by atomic mass is 16.3. The molecular weight excluding hydrogens is 150 g/mol. The van der Waals surface area contributed by atoms with Crippen molar-refractivity contribution in [1.82, 2.24) is 4.90 Å². The Bertz CT molecular complexity index is 157. The molecule has 0 bridgehead atoms. The van der Waals surface area contributed by atoms with Crippen LogP contribution in [-0.4, -0.2) is 29.1 Å². The van der Waals surface area contributed by atoms with E-state index in [-0.39, 0.29) is 17.2 Å². The van der Waals surface area contributed by atoms with E-state index in [9.17, 15) is 5.11 Å². The molecule has 2 nitrogen and oxygen atoms in total. The number of hydrogen-bond donors (Lipinski definition) is 0. The Morgan fingerprint density at radius 1 is 1.08 bits per heavy atom. The molecule has 2 heteroatoms. The molecule has 1 aliphatic rings. The molecule has 1 fully saturated rings. The highest BCUT2D eigenvalue weighted by Crippen LogP contribution is 2.35. The van der Waals surface area contributed by atoms with Crippen LogP contribution < -0.4 is 5.11 Å². The van der Waals surface area contributed by atoms with Crippen LogP contribution in [0.3, 0.4) is 0 Å². The summed E-state index contributed by atoms with van der Waals surface area (Å²) in [6.45, 7) is 8.61. The van der Waals surface area contributed by atoms with Gasteiger partial charge in [0.2, 0.25) is 0 Å². The maximum Gasteiger partial charge on any atom is 0.0145 e. The third-order valence-corrected chi connectivity index (χ3v) is 3.27. The molecule has 0 N–H and O–H groups in total. The van der Waals surface area contributed by atoms with E-state index in [0.717, 1.165) is 12.8 Å². The van der Waals surface area contributed by atoms with Crippen LogP contribution in [0.15, 0.2) is 0 Å². The van der Waals surface area contributed by atoms with Gasteiger partial charge in [-0.3, -0.25) is 4.90 Å². The summed E-state index contributed by atoms with van der Waals surface area (Å²) in [5.74, 6) is 0. The summed E-state index contributed by atoms with van der Waals surface area (Å²) in [7, 11) is 2.12. The third-order valence-electron chi connectivity index (χ3n) is 3.27. The van der Waals surface area contributed by atoms with Gasteiger partial charge in [-0.2, -0.15) is 0 Å². The quantitative estimate of drug-likeness (QED) is 0.542. The van der Waals surface area contributed by atoms with Crippen LogP contribution in [0.4, 0.5) is 0 Å². The predicted octanol–water partition coefficient (Wildman–Crippen LogP) is 0.998. The first-order valence-corrected chi connectivity index (χ1v) is 4.65. The standard InChI is InChI=1S/C10H20NO/c1-9(2)6-8(12)7-10(3,4)11(9)5/h8H,6-7H2,1-5H3/q-1. The van der Waals surface area contributed by atoms with Crippen molar-refractivity contribution in [2.75, 3.05) is 7.05 Å². The summed E-state index contributed by atoms with van der Waals surface area (Å²) in [5, 5.41) is 11.5. The first kappa shape index (κ1) is 10.0. The van der Waals surface area contributed by atoms with Gasteiger partial charge >= 0.3 is 0 Å². The van der Waals surface area contributed by atoms with Crippen molar-refractivity contribution >= 4 is 0 Å². The van der Waals surface area contributed by atoms with E-state index in [2.05, 4.69) is 39.6 Å². The molecule has 1 saturated heterocycles. The molecule has 0 unspecified atom stereocenters. The molecule has 0 aromatic carbocycles. The van der Waals surface area contributed by atoms with E-state index in [4.69, 9.17) is 0 Å². The molecule has 1 heterocycles. The second kappa shape index (κ2) is 2.71. The zero-order valence-electron chi connectivity index (χ0n) is 8.85. The van der Waals surface area contributed by atoms with Crippen LogP contribution in [0.2, 0.25) is 0 Å². The fraction of sp³-hybridized carbons (Fsp3) is 1.00. The summed E-state index contributed by atoms with van der Waals surface area (Å²) in [6, 6.07) is 0. The van der Waals surface area contributed by atoms with E-state index in [1.165, 1.54) is 0 Å². The molecule has 0 saturated carbocycles. The third kappa shape index (κ3) is 1.64. The maximum atomic E-state index is 11.5. The molecule has 72 valence electrons. The van der Waals surface area contributed by atoms with Gasteiger partial charge in [0, 0.05) is 11.1 Å². The van der Waals surface area contributed by atoms with Crippen LogP contribution >= 0.6 is 0 Å². The number of piperidine rings is 1. The zero-order chi connectivity index (χ0) is 9.57. The summed E-state index contributed by atoms with van der Waals surface area (Å²) in [4.78, 5) is 2.33. The fourth-order valence-corrected chi connectivity index (χ4v) is 2.28. The fourth-order valence-electron chi connectivity index (χ4n) is 2.28. The Kier molecular flexibility index (Phi) is 2.26. The van der Waals surface area contributed by atoms with Crippen molar-refractivity contribution in [2.24, 2.45) is 0 Å². The molecule has 0 aromatic heterocycles. The van der Waals surface area contributed by atoms with Gasteiger partial charge in [-0.25, -0.2) is 0 Å². The van der Waals surface area contributed by atoms with Crippen LogP contribution in [0.5, 0.6) is 0 Å². The number of likely N-dealkylation sites (tertiary alicyclic amines) is 1. The maximum absolute atomic E-state index is 11.5. The number of rotatable bonds is 0. The van der Waals surface area contributed by atoms with Crippen molar-refractivity contribution in [3.63, 3.8) is 0 Å². The molecule has 0 spiro atoms. The second-order valence-electron chi connectivity index (χ2n) is 5.21. The molecule has 1 rings (SSSR count). The molecule has 0 amide bonds. The van der Waals surface area contributed by atoms with Gasteiger partial charge in [0.05, 0.1) is 0 Å². The Balaban J connectivity index is 2.84. The summed E-state index contributed by atoms with van der Waals surface area (Å²) in [5.41, 5.74) is 0.127. The lowest BCUT2D eigenvalue weighted by Gasteiger charge is -2.55. The minimum Gasteiger partial charge on any atom is -0.852 e. The van der Waals surface area contributed by atoms with Crippen molar-refractivity contribution in [3.8, 4) is 0 Å². The Labute approximate surface area is 75.6 Å². The van der Waals surface area contributed by atoms with Crippen LogP contribution in [-0.2, 0) is 0 Å². The van der Waals surface area contributed by atoms with E-state index >= 15 is 0 Å². The molecule has 1 aliphatic heterocycles. The first-order chi connectivity index (χ1) is 5.26. The van der Waals surface area contributed by atoms with Gasteiger partial charge in [0.25, 0.3) is 0 Å². The number of nitrogens with zero attached hydrogens (tertiary/aromatic N) is 1. The Morgan fingerprint density at radius 2 is 1.42 bits per heavy atom. The lowest BCUT2D eigenvalue weighted by molar-refractivity contribution is -0.437. The summed E-state index contributed by atoms with van der Waals surface area (Å²) in [6.07, 6.45) is 1.16. The zero-order valence-corrected chi connectivity index (χ0v) is 8.85. The van der Waals surface area contributed by atoms with E-state index in [1.54, 1.807) is 0 Å². The normalized spacial score (nSPS) is 30.5. The molecule has 12 heavy (non-hydrogen) atoms. The summed E-state index contributed by atoms with van der Waals surface area (Å²) < 4.78 is 0. The summed E-state index contributed by atoms with van der Waals surface area (Å²) >= 11 is 0. The van der Waals surface area contributed by atoms with Crippen LogP contribution in [0.25, 0.3) is 0 Å². The largest absolute Gasteiger partial charge is 0.852 e. The van der Waals surface area contributed by atoms with E-state index < -0.39 is 0 Å². The Hall–Kier alpha value is -0.0800. The van der Waals surface area contributed by atoms with Gasteiger partial charge in [-0.05, 0) is 47.6 Å². The van der Waals surface area contributed by atoms with Crippen LogP contribution in [0.1, 0.15) is 40.5 Å². The van der Waals surface area contributed by atoms with Gasteiger partial charge in [0.15, 0.2) is 0 Å². The minimum atomic E-state index is -0.383. The lowest BCUT2D eigenvalue weighted by atomic mass is 9.79. The van der Waals surface area contributed by atoms with Gasteiger partial charge in [-0.15, -0.1) is 6.10 Å². The molecular formula is C10H20NO-. The van der Waals surface area contributed by atoms with Gasteiger partial charge < -0.3 is 5.11 Å². The smallest absolute Gasteiger partial charge is 0.0145 e. The monoisotopic (exact) mass is 170 g/mol. The average Bonchev–Trinajstić information content (AvgIpc) is 1.80. The molecule has 0 radical (unpaired) electrons. The van der Waals surface area contributed by atoms with E-state index in [0.29, 0.717) is 0 Å². The van der Waals surface area contributed by atoms with Crippen molar-refractivity contribution < 1.29 is 5.11 Å². The first-order valence-electron chi connectivity index (χ1n) is 4.65. The van der Waals surface area contributed by atoms with Crippen molar-refractivity contribution in [3.05, 3.63) is 0 Å². The van der Waals surface area contributed by atoms with Crippen molar-refractivity contribution in [2.45, 2.75) is 57.7 Å². The molecule has 0 aromatic rings. The van der Waals surface area contributed by atoms with Crippen LogP contribution in [0, 0.1) is 0 Å².